The minimum atomic E-state index is 0.617. The molecule has 0 spiro atoms. The zero-order valence-electron chi connectivity index (χ0n) is 8.11. The third kappa shape index (κ3) is 6.11. The first-order valence-electron chi connectivity index (χ1n) is 4.54. The van der Waals surface area contributed by atoms with Crippen molar-refractivity contribution in [1.29, 1.82) is 0 Å². The normalized spacial score (nSPS) is 13.0. The van der Waals surface area contributed by atoms with Gasteiger partial charge in [0.25, 0.3) is 0 Å². The van der Waals surface area contributed by atoms with Gasteiger partial charge in [-0.3, -0.25) is 0 Å². The van der Waals surface area contributed by atoms with Gasteiger partial charge in [0.2, 0.25) is 0 Å². The summed E-state index contributed by atoms with van der Waals surface area (Å²) >= 11 is 0. The lowest BCUT2D eigenvalue weighted by atomic mass is 10.1. The third-order valence-corrected chi connectivity index (χ3v) is 2.00. The second-order valence-corrected chi connectivity index (χ2v) is 3.31. The van der Waals surface area contributed by atoms with Crippen molar-refractivity contribution >= 4 is 0 Å². The Kier molecular flexibility index (Phi) is 6.24. The highest BCUT2D eigenvalue weighted by molar-refractivity contribution is 4.94. The van der Waals surface area contributed by atoms with Crippen molar-refractivity contribution in [2.75, 3.05) is 13.1 Å². The highest BCUT2D eigenvalue weighted by Crippen LogP contribution is 2.04. The summed E-state index contributed by atoms with van der Waals surface area (Å²) in [5.41, 5.74) is 1.27. The molecule has 1 atom stereocenters. The van der Waals surface area contributed by atoms with Crippen molar-refractivity contribution in [1.82, 2.24) is 5.32 Å². The van der Waals surface area contributed by atoms with E-state index in [1.165, 1.54) is 18.4 Å². The SMILES string of the molecule is C=C(C)C(C)CNCCCC. The number of nitrogens with one attached hydrogen (secondary N) is 1. The topological polar surface area (TPSA) is 12.0 Å². The molecule has 1 heteroatoms. The summed E-state index contributed by atoms with van der Waals surface area (Å²) in [6, 6.07) is 0. The van der Waals surface area contributed by atoms with Crippen molar-refractivity contribution in [3.8, 4) is 0 Å². The van der Waals surface area contributed by atoms with Crippen LogP contribution < -0.4 is 5.32 Å². The smallest absolute Gasteiger partial charge is 0.00140 e. The Bertz CT molecular complexity index is 107. The summed E-state index contributed by atoms with van der Waals surface area (Å²) in [5.74, 6) is 0.617. The molecule has 0 amide bonds. The number of hydrogen-bond donors (Lipinski definition) is 1. The summed E-state index contributed by atoms with van der Waals surface area (Å²) in [6.07, 6.45) is 2.55. The molecule has 1 N–H and O–H groups in total. The molecule has 0 saturated heterocycles. The lowest BCUT2D eigenvalue weighted by Gasteiger charge is -2.11. The van der Waals surface area contributed by atoms with E-state index in [1.54, 1.807) is 0 Å². The molecule has 0 fully saturated rings. The zero-order valence-corrected chi connectivity index (χ0v) is 8.11. The van der Waals surface area contributed by atoms with Gasteiger partial charge in [0.15, 0.2) is 0 Å². The van der Waals surface area contributed by atoms with Crippen molar-refractivity contribution in [2.24, 2.45) is 5.92 Å². The predicted octanol–water partition coefficient (Wildman–Crippen LogP) is 2.59. The van der Waals surface area contributed by atoms with Crippen molar-refractivity contribution in [3.63, 3.8) is 0 Å². The Balaban J connectivity index is 3.17. The van der Waals surface area contributed by atoms with E-state index in [2.05, 4.69) is 32.7 Å². The maximum Gasteiger partial charge on any atom is 0.00140 e. The Morgan fingerprint density at radius 1 is 1.55 bits per heavy atom. The van der Waals surface area contributed by atoms with Gasteiger partial charge in [0.05, 0.1) is 0 Å². The minimum Gasteiger partial charge on any atom is -0.316 e. The average Bonchev–Trinajstić information content (AvgIpc) is 1.97. The van der Waals surface area contributed by atoms with Crippen LogP contribution in [0, 0.1) is 5.92 Å². The quantitative estimate of drug-likeness (QED) is 0.459. The van der Waals surface area contributed by atoms with E-state index in [1.807, 2.05) is 0 Å². The molecule has 0 bridgehead atoms. The van der Waals surface area contributed by atoms with Gasteiger partial charge >= 0.3 is 0 Å². The Morgan fingerprint density at radius 3 is 2.64 bits per heavy atom. The molecule has 0 saturated carbocycles. The summed E-state index contributed by atoms with van der Waals surface area (Å²) < 4.78 is 0. The summed E-state index contributed by atoms with van der Waals surface area (Å²) in [4.78, 5) is 0. The molecule has 1 unspecified atom stereocenters. The standard InChI is InChI=1S/C10H21N/c1-5-6-7-11-8-10(4)9(2)3/h10-11H,2,5-8H2,1,3-4H3. The number of hydrogen-bond acceptors (Lipinski definition) is 1. The zero-order chi connectivity index (χ0) is 8.69. The predicted molar refractivity (Wildman–Crippen MR) is 51.8 cm³/mol. The molecule has 0 aromatic carbocycles. The fourth-order valence-electron chi connectivity index (χ4n) is 0.795. The fourth-order valence-corrected chi connectivity index (χ4v) is 0.795. The van der Waals surface area contributed by atoms with Crippen LogP contribution >= 0.6 is 0 Å². The monoisotopic (exact) mass is 155 g/mol. The molecular weight excluding hydrogens is 134 g/mol. The van der Waals surface area contributed by atoms with E-state index in [0.29, 0.717) is 5.92 Å². The van der Waals surface area contributed by atoms with E-state index in [4.69, 9.17) is 0 Å². The summed E-state index contributed by atoms with van der Waals surface area (Å²) in [5, 5.41) is 3.41. The maximum atomic E-state index is 3.91. The largest absolute Gasteiger partial charge is 0.316 e. The first kappa shape index (κ1) is 10.7. The molecule has 0 heterocycles. The Morgan fingerprint density at radius 2 is 2.18 bits per heavy atom. The summed E-state index contributed by atoms with van der Waals surface area (Å²) in [7, 11) is 0. The van der Waals surface area contributed by atoms with Crippen LogP contribution in [0.3, 0.4) is 0 Å². The number of rotatable bonds is 6. The minimum absolute atomic E-state index is 0.617. The molecule has 0 aliphatic rings. The van der Waals surface area contributed by atoms with E-state index in [-0.39, 0.29) is 0 Å². The van der Waals surface area contributed by atoms with Crippen molar-refractivity contribution in [2.45, 2.75) is 33.6 Å². The van der Waals surface area contributed by atoms with E-state index < -0.39 is 0 Å². The maximum absolute atomic E-state index is 3.91. The van der Waals surface area contributed by atoms with Gasteiger partial charge in [-0.1, -0.05) is 32.4 Å². The van der Waals surface area contributed by atoms with Crippen molar-refractivity contribution < 1.29 is 0 Å². The molecule has 0 aliphatic heterocycles. The van der Waals surface area contributed by atoms with E-state index >= 15 is 0 Å². The first-order chi connectivity index (χ1) is 5.18. The van der Waals surface area contributed by atoms with Crippen LogP contribution in [0.1, 0.15) is 33.6 Å². The molecular formula is C10H21N. The van der Waals surface area contributed by atoms with Gasteiger partial charge in [0, 0.05) is 6.54 Å². The van der Waals surface area contributed by atoms with Gasteiger partial charge in [-0.05, 0) is 25.8 Å². The molecule has 0 aromatic rings. The molecule has 0 aromatic heterocycles. The average molecular weight is 155 g/mol. The van der Waals surface area contributed by atoms with Crippen LogP contribution in [0.15, 0.2) is 12.2 Å². The number of unbranched alkanes of at least 4 members (excludes halogenated alkanes) is 1. The van der Waals surface area contributed by atoms with Crippen LogP contribution in [0.5, 0.6) is 0 Å². The first-order valence-corrected chi connectivity index (χ1v) is 4.54. The van der Waals surface area contributed by atoms with Gasteiger partial charge < -0.3 is 5.32 Å². The van der Waals surface area contributed by atoms with Gasteiger partial charge in [0.1, 0.15) is 0 Å². The highest BCUT2D eigenvalue weighted by atomic mass is 14.8. The molecule has 66 valence electrons. The Labute approximate surface area is 70.9 Å². The van der Waals surface area contributed by atoms with Gasteiger partial charge in [-0.25, -0.2) is 0 Å². The van der Waals surface area contributed by atoms with Crippen LogP contribution in [0.2, 0.25) is 0 Å². The second-order valence-electron chi connectivity index (χ2n) is 3.31. The fraction of sp³-hybridized carbons (Fsp3) is 0.800. The molecule has 0 radical (unpaired) electrons. The molecule has 1 nitrogen and oxygen atoms in total. The van der Waals surface area contributed by atoms with Gasteiger partial charge in [-0.2, -0.15) is 0 Å². The van der Waals surface area contributed by atoms with Crippen LogP contribution in [0.4, 0.5) is 0 Å². The van der Waals surface area contributed by atoms with Crippen LogP contribution in [-0.4, -0.2) is 13.1 Å². The van der Waals surface area contributed by atoms with E-state index in [9.17, 15) is 0 Å². The Hall–Kier alpha value is -0.300. The van der Waals surface area contributed by atoms with Gasteiger partial charge in [-0.15, -0.1) is 0 Å². The lowest BCUT2D eigenvalue weighted by molar-refractivity contribution is 0.558. The van der Waals surface area contributed by atoms with Crippen LogP contribution in [-0.2, 0) is 0 Å². The van der Waals surface area contributed by atoms with Crippen molar-refractivity contribution in [3.05, 3.63) is 12.2 Å². The molecule has 11 heavy (non-hydrogen) atoms. The molecule has 0 aliphatic carbocycles. The second kappa shape index (κ2) is 6.41. The van der Waals surface area contributed by atoms with Crippen LogP contribution in [0.25, 0.3) is 0 Å². The van der Waals surface area contributed by atoms with E-state index in [0.717, 1.165) is 13.1 Å². The highest BCUT2D eigenvalue weighted by Gasteiger charge is 1.99. The lowest BCUT2D eigenvalue weighted by Crippen LogP contribution is -2.22. The third-order valence-electron chi connectivity index (χ3n) is 2.00. The summed E-state index contributed by atoms with van der Waals surface area (Å²) in [6.45, 7) is 12.7. The molecule has 0 rings (SSSR count).